The van der Waals surface area contributed by atoms with Crippen molar-refractivity contribution in [3.63, 3.8) is 0 Å². The summed E-state index contributed by atoms with van der Waals surface area (Å²) in [6, 6.07) is 9.76. The van der Waals surface area contributed by atoms with Crippen LogP contribution in [0.25, 0.3) is 0 Å². The third kappa shape index (κ3) is 4.87. The van der Waals surface area contributed by atoms with Gasteiger partial charge in [0.25, 0.3) is 5.91 Å². The second-order valence-electron chi connectivity index (χ2n) is 6.15. The van der Waals surface area contributed by atoms with Gasteiger partial charge in [-0.2, -0.15) is 18.3 Å². The van der Waals surface area contributed by atoms with Crippen molar-refractivity contribution in [2.24, 2.45) is 0 Å². The average Bonchev–Trinajstić information content (AvgIpc) is 3.13. The Labute approximate surface area is 164 Å². The van der Waals surface area contributed by atoms with Gasteiger partial charge in [0, 0.05) is 11.8 Å². The van der Waals surface area contributed by atoms with Crippen LogP contribution < -0.4 is 14.8 Å². The van der Waals surface area contributed by atoms with Gasteiger partial charge in [-0.25, -0.2) is 0 Å². The predicted molar refractivity (Wildman–Crippen MR) is 100 cm³/mol. The lowest BCUT2D eigenvalue weighted by Crippen LogP contribution is -2.11. The highest BCUT2D eigenvalue weighted by Crippen LogP contribution is 2.30. The van der Waals surface area contributed by atoms with Crippen LogP contribution in [0, 0.1) is 0 Å². The number of amides is 1. The van der Waals surface area contributed by atoms with Gasteiger partial charge in [0.05, 0.1) is 38.2 Å². The van der Waals surface area contributed by atoms with Crippen LogP contribution in [0.3, 0.4) is 0 Å². The summed E-state index contributed by atoms with van der Waals surface area (Å²) < 4.78 is 50.3. The van der Waals surface area contributed by atoms with E-state index in [0.717, 1.165) is 12.1 Å². The minimum Gasteiger partial charge on any atom is -0.493 e. The maximum Gasteiger partial charge on any atom is 0.416 e. The third-order valence-electron chi connectivity index (χ3n) is 4.14. The van der Waals surface area contributed by atoms with Crippen molar-refractivity contribution < 1.29 is 27.4 Å². The molecule has 0 saturated heterocycles. The molecule has 2 aromatic carbocycles. The van der Waals surface area contributed by atoms with Gasteiger partial charge >= 0.3 is 6.18 Å². The minimum absolute atomic E-state index is 0.135. The van der Waals surface area contributed by atoms with E-state index >= 15 is 0 Å². The number of carbonyl (C=O) groups excluding carboxylic acids is 1. The zero-order chi connectivity index (χ0) is 21.0. The van der Waals surface area contributed by atoms with Crippen molar-refractivity contribution in [2.75, 3.05) is 19.5 Å². The summed E-state index contributed by atoms with van der Waals surface area (Å²) in [5.74, 6) is 0.530. The molecule has 1 aromatic heterocycles. The zero-order valence-corrected chi connectivity index (χ0v) is 15.7. The second-order valence-corrected chi connectivity index (χ2v) is 6.15. The Kier molecular flexibility index (Phi) is 5.76. The summed E-state index contributed by atoms with van der Waals surface area (Å²) in [7, 11) is 2.97. The molecule has 0 atom stereocenters. The Balaban J connectivity index is 1.70. The molecule has 0 saturated carbocycles. The maximum atomic E-state index is 12.8. The van der Waals surface area contributed by atoms with Crippen LogP contribution >= 0.6 is 0 Å². The first-order valence-corrected chi connectivity index (χ1v) is 8.52. The molecule has 1 amide bonds. The SMILES string of the molecule is COc1ccc(C(=O)Nc2cnn(Cc3cccc(C(F)(F)F)c3)c2)cc1OC. The largest absolute Gasteiger partial charge is 0.493 e. The highest BCUT2D eigenvalue weighted by molar-refractivity contribution is 6.04. The molecule has 0 aliphatic rings. The number of methoxy groups -OCH3 is 2. The lowest BCUT2D eigenvalue weighted by atomic mass is 10.1. The lowest BCUT2D eigenvalue weighted by Gasteiger charge is -2.09. The highest BCUT2D eigenvalue weighted by atomic mass is 19.4. The van der Waals surface area contributed by atoms with Crippen molar-refractivity contribution in [2.45, 2.75) is 12.7 Å². The molecular weight excluding hydrogens is 387 g/mol. The van der Waals surface area contributed by atoms with Gasteiger partial charge in [0.15, 0.2) is 11.5 Å². The molecule has 0 unspecified atom stereocenters. The quantitative estimate of drug-likeness (QED) is 0.667. The van der Waals surface area contributed by atoms with Gasteiger partial charge in [0.1, 0.15) is 0 Å². The third-order valence-corrected chi connectivity index (χ3v) is 4.14. The molecule has 29 heavy (non-hydrogen) atoms. The van der Waals surface area contributed by atoms with Gasteiger partial charge in [-0.1, -0.05) is 12.1 Å². The first-order valence-electron chi connectivity index (χ1n) is 8.52. The fourth-order valence-electron chi connectivity index (χ4n) is 2.73. The molecule has 9 heteroatoms. The first kappa shape index (κ1) is 20.2. The monoisotopic (exact) mass is 405 g/mol. The normalized spacial score (nSPS) is 11.2. The Hall–Kier alpha value is -3.49. The number of hydrogen-bond acceptors (Lipinski definition) is 4. The van der Waals surface area contributed by atoms with E-state index in [1.165, 1.54) is 31.2 Å². The molecule has 0 fully saturated rings. The predicted octanol–water partition coefficient (Wildman–Crippen LogP) is 4.22. The number of rotatable bonds is 6. The summed E-state index contributed by atoms with van der Waals surface area (Å²) in [5.41, 5.74) is 0.495. The van der Waals surface area contributed by atoms with Crippen LogP contribution in [0.15, 0.2) is 54.9 Å². The van der Waals surface area contributed by atoms with E-state index in [4.69, 9.17) is 9.47 Å². The van der Waals surface area contributed by atoms with Crippen LogP contribution in [0.2, 0.25) is 0 Å². The van der Waals surface area contributed by atoms with Crippen molar-refractivity contribution in [1.29, 1.82) is 0 Å². The van der Waals surface area contributed by atoms with E-state index in [1.54, 1.807) is 30.5 Å². The smallest absolute Gasteiger partial charge is 0.416 e. The number of hydrogen-bond donors (Lipinski definition) is 1. The van der Waals surface area contributed by atoms with E-state index in [1.807, 2.05) is 0 Å². The van der Waals surface area contributed by atoms with E-state index in [0.29, 0.717) is 28.3 Å². The van der Waals surface area contributed by atoms with Gasteiger partial charge < -0.3 is 14.8 Å². The maximum absolute atomic E-state index is 12.8. The number of carbonyl (C=O) groups is 1. The van der Waals surface area contributed by atoms with Gasteiger partial charge in [-0.15, -0.1) is 0 Å². The first-order chi connectivity index (χ1) is 13.8. The number of ether oxygens (including phenoxy) is 2. The van der Waals surface area contributed by atoms with E-state index < -0.39 is 11.7 Å². The Morgan fingerprint density at radius 1 is 1.10 bits per heavy atom. The van der Waals surface area contributed by atoms with Crippen LogP contribution in [0.1, 0.15) is 21.5 Å². The van der Waals surface area contributed by atoms with Crippen molar-refractivity contribution in [1.82, 2.24) is 9.78 Å². The molecule has 3 rings (SSSR count). The minimum atomic E-state index is -4.40. The van der Waals surface area contributed by atoms with Crippen molar-refractivity contribution in [3.05, 3.63) is 71.5 Å². The number of nitrogens with zero attached hydrogens (tertiary/aromatic N) is 2. The molecule has 6 nitrogen and oxygen atoms in total. The molecule has 0 bridgehead atoms. The Morgan fingerprint density at radius 2 is 1.86 bits per heavy atom. The lowest BCUT2D eigenvalue weighted by molar-refractivity contribution is -0.137. The molecule has 0 spiro atoms. The Morgan fingerprint density at radius 3 is 2.55 bits per heavy atom. The fraction of sp³-hybridized carbons (Fsp3) is 0.200. The number of anilines is 1. The van der Waals surface area contributed by atoms with Gasteiger partial charge in [-0.05, 0) is 35.9 Å². The number of aromatic nitrogens is 2. The highest BCUT2D eigenvalue weighted by Gasteiger charge is 2.30. The summed E-state index contributed by atoms with van der Waals surface area (Å²) >= 11 is 0. The summed E-state index contributed by atoms with van der Waals surface area (Å²) in [6.07, 6.45) is -1.44. The molecular formula is C20H18F3N3O3. The molecule has 0 radical (unpaired) electrons. The fourth-order valence-corrected chi connectivity index (χ4v) is 2.73. The Bertz CT molecular complexity index is 1020. The molecule has 152 valence electrons. The summed E-state index contributed by atoms with van der Waals surface area (Å²) in [5, 5.41) is 6.78. The van der Waals surface area contributed by atoms with Crippen molar-refractivity contribution >= 4 is 11.6 Å². The average molecular weight is 405 g/mol. The molecule has 1 N–H and O–H groups in total. The van der Waals surface area contributed by atoms with E-state index in [2.05, 4.69) is 10.4 Å². The van der Waals surface area contributed by atoms with Gasteiger partial charge in [-0.3, -0.25) is 9.48 Å². The number of nitrogens with one attached hydrogen (secondary N) is 1. The molecule has 0 aliphatic heterocycles. The topological polar surface area (TPSA) is 65.4 Å². The zero-order valence-electron chi connectivity index (χ0n) is 15.7. The molecule has 3 aromatic rings. The van der Waals surface area contributed by atoms with Crippen molar-refractivity contribution in [3.8, 4) is 11.5 Å². The van der Waals surface area contributed by atoms with Gasteiger partial charge in [0.2, 0.25) is 0 Å². The summed E-state index contributed by atoms with van der Waals surface area (Å²) in [6.45, 7) is 0.135. The number of halogens is 3. The van der Waals surface area contributed by atoms with Crippen LogP contribution in [0.5, 0.6) is 11.5 Å². The van der Waals surface area contributed by atoms with Crippen LogP contribution in [-0.2, 0) is 12.7 Å². The number of alkyl halides is 3. The standard InChI is InChI=1S/C20H18F3N3O3/c1-28-17-7-6-14(9-18(17)29-2)19(27)25-16-10-24-26(12-16)11-13-4-3-5-15(8-13)20(21,22)23/h3-10,12H,11H2,1-2H3,(H,25,27). The molecule has 0 aliphatic carbocycles. The second kappa shape index (κ2) is 8.26. The number of benzene rings is 2. The van der Waals surface area contributed by atoms with Crippen LogP contribution in [-0.4, -0.2) is 29.9 Å². The summed E-state index contributed by atoms with van der Waals surface area (Å²) in [4.78, 5) is 12.4. The van der Waals surface area contributed by atoms with E-state index in [9.17, 15) is 18.0 Å². The molecule has 1 heterocycles. The van der Waals surface area contributed by atoms with E-state index in [-0.39, 0.29) is 12.5 Å². The van der Waals surface area contributed by atoms with Crippen LogP contribution in [0.4, 0.5) is 18.9 Å².